The maximum atomic E-state index is 12.1. The van der Waals surface area contributed by atoms with Crippen molar-refractivity contribution in [1.82, 2.24) is 0 Å². The molecule has 2 N–H and O–H groups in total. The number of carbonyl (C=O) groups is 1. The monoisotopic (exact) mass is 315 g/mol. The number of carbonyl (C=O) groups excluding carboxylic acids is 1. The highest BCUT2D eigenvalue weighted by atomic mass is 32.2. The van der Waals surface area contributed by atoms with E-state index in [9.17, 15) is 13.2 Å². The molecule has 0 heterocycles. The maximum Gasteiger partial charge on any atom is 0.338 e. The topological polar surface area (TPSA) is 95.7 Å². The van der Waals surface area contributed by atoms with Gasteiger partial charge in [0.1, 0.15) is 0 Å². The molecule has 0 aliphatic heterocycles. The molecule has 21 heavy (non-hydrogen) atoms. The van der Waals surface area contributed by atoms with Crippen molar-refractivity contribution in [3.8, 4) is 0 Å². The molecular weight excluding hydrogens is 294 g/mol. The summed E-state index contributed by atoms with van der Waals surface area (Å²) >= 11 is 0. The minimum absolute atomic E-state index is 0.132. The van der Waals surface area contributed by atoms with Crippen LogP contribution in [0.2, 0.25) is 0 Å². The van der Waals surface area contributed by atoms with Crippen LogP contribution >= 0.6 is 0 Å². The van der Waals surface area contributed by atoms with Gasteiger partial charge in [0.05, 0.1) is 23.2 Å². The first kappa shape index (κ1) is 17.6. The van der Waals surface area contributed by atoms with Crippen LogP contribution in [0.25, 0.3) is 0 Å². The number of sulfonamides is 1. The molecule has 118 valence electrons. The molecule has 1 unspecified atom stereocenters. The zero-order chi connectivity index (χ0) is 16.0. The average molecular weight is 315 g/mol. The normalized spacial score (nSPS) is 13.0. The van der Waals surface area contributed by atoms with Crippen LogP contribution in [-0.2, 0) is 26.1 Å². The van der Waals surface area contributed by atoms with E-state index in [0.29, 0.717) is 5.56 Å². The highest BCUT2D eigenvalue weighted by Crippen LogP contribution is 2.17. The lowest BCUT2D eigenvalue weighted by Crippen LogP contribution is -2.17. The summed E-state index contributed by atoms with van der Waals surface area (Å²) in [6.07, 6.45) is 1.40. The van der Waals surface area contributed by atoms with Crippen molar-refractivity contribution in [3.63, 3.8) is 0 Å². The number of nitrogens with two attached hydrogens (primary N) is 1. The molecule has 0 radical (unpaired) electrons. The van der Waals surface area contributed by atoms with Crippen molar-refractivity contribution < 1.29 is 22.7 Å². The Labute approximate surface area is 125 Å². The van der Waals surface area contributed by atoms with Crippen LogP contribution in [0.1, 0.15) is 42.6 Å². The largest absolute Gasteiger partial charge is 0.459 e. The third-order valence-electron chi connectivity index (χ3n) is 2.84. The number of methoxy groups -OCH3 is 1. The maximum absolute atomic E-state index is 12.1. The molecule has 0 saturated heterocycles. The molecule has 0 spiro atoms. The fourth-order valence-electron chi connectivity index (χ4n) is 1.91. The third-order valence-corrected chi connectivity index (χ3v) is 3.74. The van der Waals surface area contributed by atoms with Crippen LogP contribution in [0, 0.1) is 0 Å². The van der Waals surface area contributed by atoms with Crippen molar-refractivity contribution in [2.24, 2.45) is 5.14 Å². The molecule has 1 atom stereocenters. The number of esters is 1. The van der Waals surface area contributed by atoms with Crippen LogP contribution in [-0.4, -0.2) is 27.6 Å². The van der Waals surface area contributed by atoms with Gasteiger partial charge in [0.2, 0.25) is 10.0 Å². The second kappa shape index (κ2) is 7.53. The van der Waals surface area contributed by atoms with E-state index in [1.165, 1.54) is 19.2 Å². The van der Waals surface area contributed by atoms with E-state index in [2.05, 4.69) is 0 Å². The Kier molecular flexibility index (Phi) is 6.32. The number of hydrogen-bond acceptors (Lipinski definition) is 5. The number of benzene rings is 1. The van der Waals surface area contributed by atoms with E-state index < -0.39 is 16.0 Å². The molecule has 0 aromatic heterocycles. The minimum atomic E-state index is -3.90. The van der Waals surface area contributed by atoms with Crippen molar-refractivity contribution in [2.75, 3.05) is 7.11 Å². The molecule has 0 aliphatic rings. The lowest BCUT2D eigenvalue weighted by Gasteiger charge is -2.13. The molecule has 0 saturated carbocycles. The molecule has 1 rings (SSSR count). The molecule has 0 fully saturated rings. The van der Waals surface area contributed by atoms with Crippen LogP contribution in [0.15, 0.2) is 23.1 Å². The summed E-state index contributed by atoms with van der Waals surface area (Å²) in [7, 11) is -2.42. The Balaban J connectivity index is 3.10. The third kappa shape index (κ3) is 5.45. The zero-order valence-corrected chi connectivity index (χ0v) is 13.3. The smallest absolute Gasteiger partial charge is 0.338 e. The molecule has 1 aromatic carbocycles. The van der Waals surface area contributed by atoms with E-state index in [-0.39, 0.29) is 23.2 Å². The first-order chi connectivity index (χ1) is 9.77. The minimum Gasteiger partial charge on any atom is -0.459 e. The fraction of sp³-hybridized carbons (Fsp3) is 0.500. The van der Waals surface area contributed by atoms with Crippen molar-refractivity contribution in [3.05, 3.63) is 29.3 Å². The van der Waals surface area contributed by atoms with E-state index in [4.69, 9.17) is 14.6 Å². The Bertz CT molecular complexity index is 597. The SMILES string of the molecule is CCCC(C)OC(=O)c1cc(COC)cc(S(N)(=O)=O)c1. The zero-order valence-electron chi connectivity index (χ0n) is 12.5. The molecule has 0 bridgehead atoms. The van der Waals surface area contributed by atoms with Gasteiger partial charge >= 0.3 is 5.97 Å². The molecular formula is C14H21NO5S. The highest BCUT2D eigenvalue weighted by Gasteiger charge is 2.17. The molecule has 0 aliphatic carbocycles. The molecule has 1 aromatic rings. The summed E-state index contributed by atoms with van der Waals surface area (Å²) in [5, 5.41) is 5.12. The van der Waals surface area contributed by atoms with E-state index in [1.54, 1.807) is 13.0 Å². The van der Waals surface area contributed by atoms with E-state index in [0.717, 1.165) is 12.8 Å². The first-order valence-corrected chi connectivity index (χ1v) is 8.19. The van der Waals surface area contributed by atoms with Crippen LogP contribution in [0.5, 0.6) is 0 Å². The second-order valence-corrected chi connectivity index (χ2v) is 6.41. The summed E-state index contributed by atoms with van der Waals surface area (Å²) < 4.78 is 33.2. The summed E-state index contributed by atoms with van der Waals surface area (Å²) in [4.78, 5) is 11.9. The van der Waals surface area contributed by atoms with Gasteiger partial charge in [0.15, 0.2) is 0 Å². The Morgan fingerprint density at radius 1 is 1.33 bits per heavy atom. The summed E-state index contributed by atoms with van der Waals surface area (Å²) in [5.41, 5.74) is 0.690. The predicted octanol–water partition coefficient (Wildman–Crippen LogP) is 1.83. The fourth-order valence-corrected chi connectivity index (χ4v) is 2.52. The van der Waals surface area contributed by atoms with Gasteiger partial charge in [-0.1, -0.05) is 13.3 Å². The van der Waals surface area contributed by atoms with Crippen molar-refractivity contribution >= 4 is 16.0 Å². The number of rotatable bonds is 7. The van der Waals surface area contributed by atoms with E-state index >= 15 is 0 Å². The molecule has 0 amide bonds. The van der Waals surface area contributed by atoms with Gasteiger partial charge in [-0.15, -0.1) is 0 Å². The Morgan fingerprint density at radius 2 is 2.00 bits per heavy atom. The van der Waals surface area contributed by atoms with E-state index in [1.807, 2.05) is 6.92 Å². The Hall–Kier alpha value is -1.44. The quantitative estimate of drug-likeness (QED) is 0.774. The van der Waals surface area contributed by atoms with Gasteiger partial charge in [-0.05, 0) is 37.1 Å². The van der Waals surface area contributed by atoms with Crippen molar-refractivity contribution in [1.29, 1.82) is 0 Å². The van der Waals surface area contributed by atoms with Gasteiger partial charge in [-0.2, -0.15) is 0 Å². The van der Waals surface area contributed by atoms with Gasteiger partial charge in [0.25, 0.3) is 0 Å². The average Bonchev–Trinajstić information content (AvgIpc) is 2.38. The lowest BCUT2D eigenvalue weighted by atomic mass is 10.1. The van der Waals surface area contributed by atoms with Crippen LogP contribution in [0.4, 0.5) is 0 Å². The predicted molar refractivity (Wildman–Crippen MR) is 78.3 cm³/mol. The number of hydrogen-bond donors (Lipinski definition) is 1. The van der Waals surface area contributed by atoms with Gasteiger partial charge in [-0.25, -0.2) is 18.4 Å². The summed E-state index contributed by atoms with van der Waals surface area (Å²) in [6, 6.07) is 4.14. The van der Waals surface area contributed by atoms with Crippen molar-refractivity contribution in [2.45, 2.75) is 44.3 Å². The lowest BCUT2D eigenvalue weighted by molar-refractivity contribution is 0.0323. The number of ether oxygens (including phenoxy) is 2. The standard InChI is InChI=1S/C14H21NO5S/c1-4-5-10(2)20-14(16)12-6-11(9-19-3)7-13(8-12)21(15,17)18/h6-8,10H,4-5,9H2,1-3H3,(H2,15,17,18). The molecule has 7 heteroatoms. The Morgan fingerprint density at radius 3 is 2.52 bits per heavy atom. The highest BCUT2D eigenvalue weighted by molar-refractivity contribution is 7.89. The van der Waals surface area contributed by atoms with Gasteiger partial charge in [0, 0.05) is 7.11 Å². The summed E-state index contributed by atoms with van der Waals surface area (Å²) in [6.45, 7) is 3.96. The summed E-state index contributed by atoms with van der Waals surface area (Å²) in [5.74, 6) is -0.571. The van der Waals surface area contributed by atoms with Crippen LogP contribution in [0.3, 0.4) is 0 Å². The van der Waals surface area contributed by atoms with Gasteiger partial charge in [-0.3, -0.25) is 0 Å². The molecule has 6 nitrogen and oxygen atoms in total. The first-order valence-electron chi connectivity index (χ1n) is 6.64. The number of primary sulfonamides is 1. The van der Waals surface area contributed by atoms with Crippen LogP contribution < -0.4 is 5.14 Å². The van der Waals surface area contributed by atoms with Gasteiger partial charge < -0.3 is 9.47 Å². The second-order valence-electron chi connectivity index (χ2n) is 4.85.